The molecule has 4 aromatic rings. The standard InChI is InChI=1S/C29H30ClN3O4S/c1-3-4-14-26-32-28(30)27(29(34)37-2)33(26)20-22-15-17-23(18-16-22)24-12-8-9-13-25(24)38(35,36)31-19-21-10-6-5-7-11-21/h5-13,15-18,31H,3-4,14,19-20H2,1-2H3. The van der Waals surface area contributed by atoms with E-state index in [1.807, 2.05) is 60.7 Å². The number of sulfonamides is 1. The fourth-order valence-corrected chi connectivity index (χ4v) is 5.74. The van der Waals surface area contributed by atoms with E-state index in [-0.39, 0.29) is 22.3 Å². The molecule has 38 heavy (non-hydrogen) atoms. The number of benzene rings is 3. The SMILES string of the molecule is CCCCc1nc(Cl)c(C(=O)OC)n1Cc1ccc(-c2ccccc2S(=O)(=O)NCc2ccccc2)cc1. The molecule has 0 saturated heterocycles. The van der Waals surface area contributed by atoms with Crippen LogP contribution >= 0.6 is 11.6 Å². The summed E-state index contributed by atoms with van der Waals surface area (Å²) in [6.07, 6.45) is 2.58. The molecule has 0 aliphatic heterocycles. The Morgan fingerprint density at radius 3 is 2.34 bits per heavy atom. The van der Waals surface area contributed by atoms with Crippen LogP contribution in [0.25, 0.3) is 11.1 Å². The van der Waals surface area contributed by atoms with E-state index in [4.69, 9.17) is 16.3 Å². The highest BCUT2D eigenvalue weighted by molar-refractivity contribution is 7.89. The molecule has 1 N–H and O–H groups in total. The number of aryl methyl sites for hydroxylation is 1. The van der Waals surface area contributed by atoms with Gasteiger partial charge in [0.1, 0.15) is 5.82 Å². The monoisotopic (exact) mass is 551 g/mol. The van der Waals surface area contributed by atoms with Gasteiger partial charge in [-0.1, -0.05) is 97.7 Å². The summed E-state index contributed by atoms with van der Waals surface area (Å²) < 4.78 is 35.8. The topological polar surface area (TPSA) is 90.3 Å². The molecule has 0 amide bonds. The minimum Gasteiger partial charge on any atom is -0.464 e. The van der Waals surface area contributed by atoms with E-state index in [1.54, 1.807) is 22.8 Å². The van der Waals surface area contributed by atoms with Gasteiger partial charge in [-0.05, 0) is 29.2 Å². The molecular weight excluding hydrogens is 522 g/mol. The van der Waals surface area contributed by atoms with Gasteiger partial charge in [-0.25, -0.2) is 22.9 Å². The minimum atomic E-state index is -3.75. The Bertz CT molecular complexity index is 1500. The number of hydrogen-bond donors (Lipinski definition) is 1. The number of unbranched alkanes of at least 4 members (excludes halogenated alkanes) is 1. The number of nitrogens with zero attached hydrogens (tertiary/aromatic N) is 2. The number of halogens is 1. The first-order valence-corrected chi connectivity index (χ1v) is 14.2. The van der Waals surface area contributed by atoms with Crippen LogP contribution in [0, 0.1) is 0 Å². The molecule has 3 aromatic carbocycles. The van der Waals surface area contributed by atoms with Gasteiger partial charge in [0.2, 0.25) is 10.0 Å². The molecule has 0 aliphatic rings. The van der Waals surface area contributed by atoms with Crippen LogP contribution in [0.5, 0.6) is 0 Å². The maximum atomic E-state index is 13.2. The minimum absolute atomic E-state index is 0.127. The second kappa shape index (κ2) is 12.4. The highest BCUT2D eigenvalue weighted by atomic mass is 35.5. The second-order valence-electron chi connectivity index (χ2n) is 8.85. The number of nitrogens with one attached hydrogen (secondary N) is 1. The fourth-order valence-electron chi connectivity index (χ4n) is 4.22. The Balaban J connectivity index is 1.60. The molecule has 4 rings (SSSR count). The zero-order valence-electron chi connectivity index (χ0n) is 21.4. The van der Waals surface area contributed by atoms with Crippen molar-refractivity contribution in [2.24, 2.45) is 0 Å². The van der Waals surface area contributed by atoms with Crippen molar-refractivity contribution in [1.29, 1.82) is 0 Å². The van der Waals surface area contributed by atoms with E-state index in [2.05, 4.69) is 16.6 Å². The van der Waals surface area contributed by atoms with E-state index >= 15 is 0 Å². The molecular formula is C29H30ClN3O4S. The van der Waals surface area contributed by atoms with Gasteiger partial charge in [0.25, 0.3) is 0 Å². The van der Waals surface area contributed by atoms with Crippen molar-refractivity contribution in [2.75, 3.05) is 7.11 Å². The zero-order chi connectivity index (χ0) is 27.1. The van der Waals surface area contributed by atoms with E-state index < -0.39 is 16.0 Å². The quantitative estimate of drug-likeness (QED) is 0.236. The van der Waals surface area contributed by atoms with Gasteiger partial charge in [-0.15, -0.1) is 0 Å². The van der Waals surface area contributed by atoms with Crippen LogP contribution < -0.4 is 4.72 Å². The first-order valence-electron chi connectivity index (χ1n) is 12.4. The van der Waals surface area contributed by atoms with Crippen LogP contribution in [0.2, 0.25) is 5.15 Å². The van der Waals surface area contributed by atoms with Crippen LogP contribution in [-0.4, -0.2) is 31.0 Å². The van der Waals surface area contributed by atoms with Crippen molar-refractivity contribution in [1.82, 2.24) is 14.3 Å². The van der Waals surface area contributed by atoms with Gasteiger partial charge in [0.05, 0.1) is 12.0 Å². The Morgan fingerprint density at radius 2 is 1.66 bits per heavy atom. The number of imidazole rings is 1. The lowest BCUT2D eigenvalue weighted by Crippen LogP contribution is -2.23. The zero-order valence-corrected chi connectivity index (χ0v) is 22.9. The van der Waals surface area contributed by atoms with Crippen LogP contribution in [0.15, 0.2) is 83.8 Å². The Labute approximate surface area is 228 Å². The van der Waals surface area contributed by atoms with Crippen molar-refractivity contribution >= 4 is 27.6 Å². The number of hydrogen-bond acceptors (Lipinski definition) is 5. The Hall–Kier alpha value is -3.46. The first-order chi connectivity index (χ1) is 18.3. The third-order valence-corrected chi connectivity index (χ3v) is 7.95. The number of ether oxygens (including phenoxy) is 1. The highest BCUT2D eigenvalue weighted by Gasteiger charge is 2.23. The van der Waals surface area contributed by atoms with E-state index in [0.29, 0.717) is 18.5 Å². The van der Waals surface area contributed by atoms with Crippen LogP contribution in [0.4, 0.5) is 0 Å². The number of methoxy groups -OCH3 is 1. The molecule has 7 nitrogen and oxygen atoms in total. The van der Waals surface area contributed by atoms with Gasteiger partial charge in [-0.2, -0.15) is 0 Å². The third-order valence-electron chi connectivity index (χ3n) is 6.23. The molecule has 0 unspecified atom stereocenters. The first kappa shape index (κ1) is 27.6. The predicted molar refractivity (Wildman–Crippen MR) is 149 cm³/mol. The third kappa shape index (κ3) is 6.32. The van der Waals surface area contributed by atoms with Crippen molar-refractivity contribution in [2.45, 2.75) is 44.2 Å². The molecule has 0 atom stereocenters. The van der Waals surface area contributed by atoms with Gasteiger partial charge < -0.3 is 9.30 Å². The summed E-state index contributed by atoms with van der Waals surface area (Å²) >= 11 is 6.30. The van der Waals surface area contributed by atoms with E-state index in [0.717, 1.165) is 35.4 Å². The molecule has 1 aromatic heterocycles. The van der Waals surface area contributed by atoms with Gasteiger partial charge in [-0.3, -0.25) is 0 Å². The number of carbonyl (C=O) groups is 1. The summed E-state index contributed by atoms with van der Waals surface area (Å²) in [6, 6.07) is 23.9. The smallest absolute Gasteiger partial charge is 0.357 e. The largest absolute Gasteiger partial charge is 0.464 e. The molecule has 0 fully saturated rings. The van der Waals surface area contributed by atoms with Crippen molar-refractivity contribution < 1.29 is 17.9 Å². The van der Waals surface area contributed by atoms with Gasteiger partial charge >= 0.3 is 5.97 Å². The summed E-state index contributed by atoms with van der Waals surface area (Å²) in [5.41, 5.74) is 3.38. The molecule has 198 valence electrons. The van der Waals surface area contributed by atoms with E-state index in [1.165, 1.54) is 7.11 Å². The lowest BCUT2D eigenvalue weighted by Gasteiger charge is -2.14. The van der Waals surface area contributed by atoms with Crippen molar-refractivity contribution in [3.05, 3.63) is 107 Å². The normalized spacial score (nSPS) is 11.4. The van der Waals surface area contributed by atoms with Crippen LogP contribution in [-0.2, 0) is 34.3 Å². The Morgan fingerprint density at radius 1 is 0.974 bits per heavy atom. The molecule has 1 heterocycles. The van der Waals surface area contributed by atoms with Crippen molar-refractivity contribution in [3.63, 3.8) is 0 Å². The summed E-state index contributed by atoms with van der Waals surface area (Å²) in [4.78, 5) is 17.0. The van der Waals surface area contributed by atoms with Gasteiger partial charge in [0, 0.05) is 25.1 Å². The lowest BCUT2D eigenvalue weighted by atomic mass is 10.0. The molecule has 0 spiro atoms. The summed E-state index contributed by atoms with van der Waals surface area (Å²) in [7, 11) is -2.44. The van der Waals surface area contributed by atoms with E-state index in [9.17, 15) is 13.2 Å². The Kier molecular flexibility index (Phi) is 8.99. The summed E-state index contributed by atoms with van der Waals surface area (Å²) in [5.74, 6) is 0.186. The average Bonchev–Trinajstić information content (AvgIpc) is 3.25. The maximum Gasteiger partial charge on any atom is 0.357 e. The second-order valence-corrected chi connectivity index (χ2v) is 10.9. The van der Waals surface area contributed by atoms with Gasteiger partial charge in [0.15, 0.2) is 10.8 Å². The number of carbonyl (C=O) groups excluding carboxylic acids is 1. The lowest BCUT2D eigenvalue weighted by molar-refractivity contribution is 0.0588. The fraction of sp³-hybridized carbons (Fsp3) is 0.241. The molecule has 0 saturated carbocycles. The molecule has 0 aliphatic carbocycles. The number of rotatable bonds is 11. The molecule has 9 heteroatoms. The number of esters is 1. The van der Waals surface area contributed by atoms with Crippen molar-refractivity contribution in [3.8, 4) is 11.1 Å². The number of aromatic nitrogens is 2. The summed E-state index contributed by atoms with van der Waals surface area (Å²) in [6.45, 7) is 2.67. The maximum absolute atomic E-state index is 13.2. The molecule has 0 radical (unpaired) electrons. The summed E-state index contributed by atoms with van der Waals surface area (Å²) in [5, 5.41) is 0.127. The highest BCUT2D eigenvalue weighted by Crippen LogP contribution is 2.28. The van der Waals surface area contributed by atoms with Crippen LogP contribution in [0.3, 0.4) is 0 Å². The average molecular weight is 552 g/mol. The van der Waals surface area contributed by atoms with Crippen LogP contribution in [0.1, 0.15) is 47.2 Å². The molecule has 0 bridgehead atoms. The predicted octanol–water partition coefficient (Wildman–Crippen LogP) is 5.86.